The maximum absolute atomic E-state index is 13.7. The van der Waals surface area contributed by atoms with Gasteiger partial charge in [-0.2, -0.15) is 21.6 Å². The number of nitrogens with zero attached hydrogens (tertiary/aromatic N) is 1. The summed E-state index contributed by atoms with van der Waals surface area (Å²) in [5, 5.41) is 3.39. The number of benzene rings is 2. The van der Waals surface area contributed by atoms with E-state index in [4.69, 9.17) is 11.6 Å². The second-order valence-corrected chi connectivity index (χ2v) is 8.06. The number of sulfonamides is 1. The summed E-state index contributed by atoms with van der Waals surface area (Å²) in [5.74, 6) is -11.1. The first-order valence-corrected chi connectivity index (χ1v) is 10.2. The van der Waals surface area contributed by atoms with Crippen molar-refractivity contribution in [3.8, 4) is 0 Å². The van der Waals surface area contributed by atoms with Crippen LogP contribution in [0.15, 0.2) is 23.4 Å². The van der Waals surface area contributed by atoms with Gasteiger partial charge in [0.25, 0.3) is 0 Å². The highest BCUT2D eigenvalue weighted by Crippen LogP contribution is 2.30. The molecule has 0 aromatic heterocycles. The number of halogens is 9. The summed E-state index contributed by atoms with van der Waals surface area (Å²) in [5.41, 5.74) is -8.13. The van der Waals surface area contributed by atoms with Gasteiger partial charge in [-0.15, -0.1) is 0 Å². The monoisotopic (exact) mass is 510 g/mol. The summed E-state index contributed by atoms with van der Waals surface area (Å²) < 4.78 is 129. The van der Waals surface area contributed by atoms with Gasteiger partial charge in [0.2, 0.25) is 5.82 Å². The predicted molar refractivity (Wildman–Crippen MR) is 97.9 cm³/mol. The summed E-state index contributed by atoms with van der Waals surface area (Å²) in [6, 6.07) is 3.00. The molecule has 5 nitrogen and oxygen atoms in total. The average molecular weight is 511 g/mol. The van der Waals surface area contributed by atoms with E-state index in [1.807, 2.05) is 0 Å². The van der Waals surface area contributed by atoms with Crippen molar-refractivity contribution in [1.82, 2.24) is 0 Å². The zero-order valence-electron chi connectivity index (χ0n) is 15.6. The van der Waals surface area contributed by atoms with E-state index in [9.17, 15) is 43.5 Å². The van der Waals surface area contributed by atoms with Gasteiger partial charge < -0.3 is 4.84 Å². The van der Waals surface area contributed by atoms with Crippen LogP contribution < -0.4 is 4.72 Å². The minimum Gasteiger partial charge on any atom is -0.390 e. The van der Waals surface area contributed by atoms with Crippen molar-refractivity contribution in [3.05, 3.63) is 63.4 Å². The van der Waals surface area contributed by atoms with Crippen molar-refractivity contribution in [1.29, 1.82) is 0 Å². The van der Waals surface area contributed by atoms with E-state index < -0.39 is 62.5 Å². The van der Waals surface area contributed by atoms with Crippen LogP contribution in [-0.4, -0.2) is 19.6 Å². The van der Waals surface area contributed by atoms with Crippen LogP contribution in [0.5, 0.6) is 0 Å². The molecule has 176 valence electrons. The van der Waals surface area contributed by atoms with Gasteiger partial charge in [-0.1, -0.05) is 23.7 Å². The van der Waals surface area contributed by atoms with Crippen molar-refractivity contribution in [2.45, 2.75) is 25.5 Å². The molecule has 0 radical (unpaired) electrons. The number of oxime groups is 1. The molecule has 2 rings (SSSR count). The first-order valence-electron chi connectivity index (χ1n) is 8.29. The van der Waals surface area contributed by atoms with E-state index in [1.54, 1.807) is 0 Å². The van der Waals surface area contributed by atoms with E-state index in [0.29, 0.717) is 0 Å². The van der Waals surface area contributed by atoms with Crippen molar-refractivity contribution in [2.24, 2.45) is 5.16 Å². The molecular formula is C17H11ClF8N2O3S. The molecule has 32 heavy (non-hydrogen) atoms. The van der Waals surface area contributed by atoms with Gasteiger partial charge in [0, 0.05) is 10.6 Å². The van der Waals surface area contributed by atoms with E-state index in [-0.39, 0.29) is 22.7 Å². The fraction of sp³-hybridized carbons (Fsp3) is 0.235. The Hall–Kier alpha value is -2.61. The minimum absolute atomic E-state index is 0.0455. The van der Waals surface area contributed by atoms with Gasteiger partial charge in [-0.25, -0.2) is 22.0 Å². The number of rotatable bonds is 7. The predicted octanol–water partition coefficient (Wildman–Crippen LogP) is 5.63. The molecule has 0 unspecified atom stereocenters. The molecule has 0 heterocycles. The molecule has 0 atom stereocenters. The van der Waals surface area contributed by atoms with E-state index in [1.165, 1.54) is 11.6 Å². The highest BCUT2D eigenvalue weighted by atomic mass is 35.5. The van der Waals surface area contributed by atoms with Crippen LogP contribution in [0.3, 0.4) is 0 Å². The molecular weight excluding hydrogens is 500 g/mol. The lowest BCUT2D eigenvalue weighted by atomic mass is 10.1. The van der Waals surface area contributed by atoms with Crippen molar-refractivity contribution < 1.29 is 48.4 Å². The maximum atomic E-state index is 13.7. The standard InChI is InChI=1S/C17H11ClF8N2O3S/c1-2-10(27-31-6-9-12(19)14(21)16(23)15(22)13(9)20)8-5-7(18)3-4-11(8)28-32(29,30)17(24,25)26/h3-5,28H,2,6H2,1H3. The van der Waals surface area contributed by atoms with Gasteiger partial charge in [-0.05, 0) is 24.6 Å². The second-order valence-electron chi connectivity index (χ2n) is 5.95. The minimum atomic E-state index is -5.82. The van der Waals surface area contributed by atoms with Crippen LogP contribution >= 0.6 is 11.6 Å². The Morgan fingerprint density at radius 1 is 1.03 bits per heavy atom. The molecule has 0 saturated heterocycles. The number of anilines is 1. The third kappa shape index (κ3) is 5.23. The van der Waals surface area contributed by atoms with Crippen LogP contribution in [0.1, 0.15) is 24.5 Å². The topological polar surface area (TPSA) is 67.8 Å². The van der Waals surface area contributed by atoms with Crippen molar-refractivity contribution in [2.75, 3.05) is 4.72 Å². The number of alkyl halides is 3. The number of hydrogen-bond donors (Lipinski definition) is 1. The molecule has 0 bridgehead atoms. The lowest BCUT2D eigenvalue weighted by molar-refractivity contribution is -0.0429. The molecule has 15 heteroatoms. The highest BCUT2D eigenvalue weighted by molar-refractivity contribution is 7.93. The van der Waals surface area contributed by atoms with Crippen molar-refractivity contribution in [3.63, 3.8) is 0 Å². The van der Waals surface area contributed by atoms with Crippen LogP contribution in [0.2, 0.25) is 5.02 Å². The zero-order valence-corrected chi connectivity index (χ0v) is 17.2. The third-order valence-corrected chi connectivity index (χ3v) is 5.19. The van der Waals surface area contributed by atoms with E-state index in [0.717, 1.165) is 18.2 Å². The lowest BCUT2D eigenvalue weighted by Crippen LogP contribution is -2.30. The summed E-state index contributed by atoms with van der Waals surface area (Å²) in [4.78, 5) is 4.64. The Morgan fingerprint density at radius 2 is 1.56 bits per heavy atom. The molecule has 0 aliphatic carbocycles. The number of hydrogen-bond acceptors (Lipinski definition) is 4. The Morgan fingerprint density at radius 3 is 2.06 bits per heavy atom. The molecule has 0 fully saturated rings. The SMILES string of the molecule is CCC(=NOCc1c(F)c(F)c(F)c(F)c1F)c1cc(Cl)ccc1NS(=O)(=O)C(F)(F)F. The van der Waals surface area contributed by atoms with Crippen LogP contribution in [-0.2, 0) is 21.5 Å². The first-order chi connectivity index (χ1) is 14.7. The van der Waals surface area contributed by atoms with Crippen LogP contribution in [0, 0.1) is 29.1 Å². The Kier molecular flexibility index (Phi) is 7.60. The summed E-state index contributed by atoms with van der Waals surface area (Å²) in [7, 11) is -5.82. The molecule has 2 aromatic carbocycles. The largest absolute Gasteiger partial charge is 0.516 e. The summed E-state index contributed by atoms with van der Waals surface area (Å²) in [6.07, 6.45) is -0.127. The van der Waals surface area contributed by atoms with Gasteiger partial charge in [-0.3, -0.25) is 4.72 Å². The average Bonchev–Trinajstić information content (AvgIpc) is 2.71. The second kappa shape index (κ2) is 9.48. The fourth-order valence-corrected chi connectivity index (χ4v) is 3.06. The maximum Gasteiger partial charge on any atom is 0.516 e. The fourth-order valence-electron chi connectivity index (χ4n) is 2.30. The lowest BCUT2D eigenvalue weighted by Gasteiger charge is -2.15. The Balaban J connectivity index is 2.41. The molecule has 0 spiro atoms. The molecule has 0 aliphatic heterocycles. The van der Waals surface area contributed by atoms with Crippen LogP contribution in [0.25, 0.3) is 0 Å². The summed E-state index contributed by atoms with van der Waals surface area (Å²) in [6.45, 7) is 0.170. The zero-order chi connectivity index (χ0) is 24.4. The molecule has 0 amide bonds. The Labute approximate surface area is 180 Å². The van der Waals surface area contributed by atoms with Gasteiger partial charge in [0.1, 0.15) is 6.61 Å². The summed E-state index contributed by atoms with van der Waals surface area (Å²) >= 11 is 5.79. The molecule has 1 N–H and O–H groups in total. The highest BCUT2D eigenvalue weighted by Gasteiger charge is 2.46. The quantitative estimate of drug-likeness (QED) is 0.173. The van der Waals surface area contributed by atoms with Gasteiger partial charge >= 0.3 is 15.5 Å². The molecule has 2 aromatic rings. The van der Waals surface area contributed by atoms with Gasteiger partial charge in [0.15, 0.2) is 23.3 Å². The third-order valence-electron chi connectivity index (χ3n) is 3.86. The normalized spacial score (nSPS) is 12.8. The van der Waals surface area contributed by atoms with Crippen molar-refractivity contribution >= 4 is 33.0 Å². The first kappa shape index (κ1) is 25.6. The number of nitrogens with one attached hydrogen (secondary N) is 1. The van der Waals surface area contributed by atoms with E-state index in [2.05, 4.69) is 9.99 Å². The smallest absolute Gasteiger partial charge is 0.390 e. The van der Waals surface area contributed by atoms with Gasteiger partial charge in [0.05, 0.1) is 17.0 Å². The molecule has 0 saturated carbocycles. The van der Waals surface area contributed by atoms with Crippen LogP contribution in [0.4, 0.5) is 40.8 Å². The Bertz CT molecular complexity index is 1140. The van der Waals surface area contributed by atoms with E-state index >= 15 is 0 Å². The molecule has 0 aliphatic rings.